The van der Waals surface area contributed by atoms with Gasteiger partial charge in [-0.15, -0.1) is 0 Å². The number of pyridine rings is 1. The van der Waals surface area contributed by atoms with Gasteiger partial charge in [0.1, 0.15) is 12.0 Å². The van der Waals surface area contributed by atoms with Gasteiger partial charge in [-0.05, 0) is 31.9 Å². The fourth-order valence-electron chi connectivity index (χ4n) is 3.16. The molecule has 3 heterocycles. The Morgan fingerprint density at radius 1 is 1.33 bits per heavy atom. The molecule has 1 saturated heterocycles. The highest BCUT2D eigenvalue weighted by Gasteiger charge is 2.33. The van der Waals surface area contributed by atoms with E-state index in [0.29, 0.717) is 19.4 Å². The van der Waals surface area contributed by atoms with Crippen molar-refractivity contribution >= 4 is 29.2 Å². The lowest BCUT2D eigenvalue weighted by atomic mass is 9.98. The van der Waals surface area contributed by atoms with Crippen molar-refractivity contribution in [2.24, 2.45) is 5.92 Å². The average Bonchev–Trinajstić information content (AvgIpc) is 2.78. The van der Waals surface area contributed by atoms with Gasteiger partial charge in [-0.3, -0.25) is 35.5 Å². The summed E-state index contributed by atoms with van der Waals surface area (Å²) in [5.74, 6) is -1.41. The maximum absolute atomic E-state index is 12.2. The molecule has 30 heavy (non-hydrogen) atoms. The number of carbonyl (C=O) groups is 2. The topological polar surface area (TPSA) is 152 Å². The summed E-state index contributed by atoms with van der Waals surface area (Å²) in [5.41, 5.74) is 4.56. The van der Waals surface area contributed by atoms with Crippen LogP contribution in [0.3, 0.4) is 0 Å². The second kappa shape index (κ2) is 9.58. The van der Waals surface area contributed by atoms with Crippen molar-refractivity contribution in [2.45, 2.75) is 19.8 Å². The molecule has 0 aliphatic carbocycles. The van der Waals surface area contributed by atoms with Crippen LogP contribution in [-0.2, 0) is 9.53 Å². The molecule has 1 atom stereocenters. The van der Waals surface area contributed by atoms with Gasteiger partial charge in [0.2, 0.25) is 11.6 Å². The molecule has 0 spiro atoms. The Labute approximate surface area is 171 Å². The van der Waals surface area contributed by atoms with Gasteiger partial charge in [-0.2, -0.15) is 0 Å². The van der Waals surface area contributed by atoms with Crippen molar-refractivity contribution in [3.63, 3.8) is 0 Å². The number of aromatic nitrogens is 3. The molecule has 2 aromatic rings. The lowest BCUT2D eigenvalue weighted by Crippen LogP contribution is -2.40. The summed E-state index contributed by atoms with van der Waals surface area (Å²) in [7, 11) is 0. The Kier molecular flexibility index (Phi) is 6.67. The van der Waals surface area contributed by atoms with E-state index in [9.17, 15) is 19.7 Å². The first-order valence-corrected chi connectivity index (χ1v) is 9.39. The molecular weight excluding hydrogens is 394 g/mol. The van der Waals surface area contributed by atoms with Gasteiger partial charge in [-0.25, -0.2) is 9.97 Å². The second-order valence-electron chi connectivity index (χ2n) is 6.48. The van der Waals surface area contributed by atoms with E-state index >= 15 is 0 Å². The number of piperidine rings is 1. The first-order valence-electron chi connectivity index (χ1n) is 9.39. The van der Waals surface area contributed by atoms with Crippen LogP contribution in [0.4, 0.5) is 17.3 Å². The molecule has 1 unspecified atom stereocenters. The van der Waals surface area contributed by atoms with Crippen LogP contribution in [-0.4, -0.2) is 51.4 Å². The Hall–Kier alpha value is -3.83. The third kappa shape index (κ3) is 4.77. The predicted octanol–water partition coefficient (Wildman–Crippen LogP) is 1.32. The standard InChI is InChI=1S/C18H21N7O5/c1-2-30-18(27)12-6-5-9-24(10-12)16-14(25(28)29)15(20-11-21-16)22-23-17(26)13-7-3-4-8-19-13/h3-4,7-8,11-12H,2,5-6,9-10H2,1H3,(H,23,26)(H,20,21,22). The van der Waals surface area contributed by atoms with Crippen LogP contribution in [0.25, 0.3) is 0 Å². The van der Waals surface area contributed by atoms with Crippen LogP contribution in [0.2, 0.25) is 0 Å². The molecule has 12 heteroatoms. The molecule has 1 aliphatic rings. The smallest absolute Gasteiger partial charge is 0.355 e. The van der Waals surface area contributed by atoms with Crippen molar-refractivity contribution < 1.29 is 19.2 Å². The number of nitrogens with zero attached hydrogens (tertiary/aromatic N) is 5. The summed E-state index contributed by atoms with van der Waals surface area (Å²) in [4.78, 5) is 48.9. The maximum Gasteiger partial charge on any atom is 0.355 e. The molecule has 158 valence electrons. The average molecular weight is 415 g/mol. The zero-order chi connectivity index (χ0) is 21.5. The zero-order valence-electron chi connectivity index (χ0n) is 16.3. The Morgan fingerprint density at radius 3 is 2.87 bits per heavy atom. The van der Waals surface area contributed by atoms with Crippen LogP contribution in [0.1, 0.15) is 30.3 Å². The van der Waals surface area contributed by atoms with Crippen LogP contribution >= 0.6 is 0 Å². The van der Waals surface area contributed by atoms with Crippen LogP contribution in [0.5, 0.6) is 0 Å². The van der Waals surface area contributed by atoms with Gasteiger partial charge in [-0.1, -0.05) is 6.07 Å². The fraction of sp³-hybridized carbons (Fsp3) is 0.389. The zero-order valence-corrected chi connectivity index (χ0v) is 16.3. The van der Waals surface area contributed by atoms with Gasteiger partial charge >= 0.3 is 11.7 Å². The minimum Gasteiger partial charge on any atom is -0.466 e. The summed E-state index contributed by atoms with van der Waals surface area (Å²) >= 11 is 0. The maximum atomic E-state index is 12.2. The molecule has 0 bridgehead atoms. The van der Waals surface area contributed by atoms with E-state index in [1.807, 2.05) is 0 Å². The van der Waals surface area contributed by atoms with Gasteiger partial charge in [0.05, 0.1) is 17.4 Å². The van der Waals surface area contributed by atoms with Crippen LogP contribution in [0, 0.1) is 16.0 Å². The van der Waals surface area contributed by atoms with E-state index in [0.717, 1.165) is 6.33 Å². The predicted molar refractivity (Wildman–Crippen MR) is 106 cm³/mol. The quantitative estimate of drug-likeness (QED) is 0.384. The van der Waals surface area contributed by atoms with Crippen molar-refractivity contribution in [1.29, 1.82) is 0 Å². The number of carbonyl (C=O) groups excluding carboxylic acids is 2. The first kappa shape index (κ1) is 20.9. The second-order valence-corrected chi connectivity index (χ2v) is 6.48. The fourth-order valence-corrected chi connectivity index (χ4v) is 3.16. The van der Waals surface area contributed by atoms with Crippen molar-refractivity contribution in [3.05, 3.63) is 46.5 Å². The van der Waals surface area contributed by atoms with E-state index in [-0.39, 0.29) is 36.5 Å². The molecule has 1 aliphatic heterocycles. The highest BCUT2D eigenvalue weighted by Crippen LogP contribution is 2.34. The number of ether oxygens (including phenoxy) is 1. The Balaban J connectivity index is 1.80. The number of hydrogen-bond acceptors (Lipinski definition) is 10. The summed E-state index contributed by atoms with van der Waals surface area (Å²) < 4.78 is 5.08. The number of amides is 1. The number of hydrazine groups is 1. The molecule has 1 amide bonds. The third-order valence-corrected chi connectivity index (χ3v) is 4.52. The summed E-state index contributed by atoms with van der Waals surface area (Å²) in [6.07, 6.45) is 3.91. The number of nitrogens with one attached hydrogen (secondary N) is 2. The van der Waals surface area contributed by atoms with Gasteiger partial charge in [0.15, 0.2) is 0 Å². The summed E-state index contributed by atoms with van der Waals surface area (Å²) in [6, 6.07) is 4.80. The normalized spacial score (nSPS) is 15.9. The Bertz CT molecular complexity index is 924. The Morgan fingerprint density at radius 2 is 2.17 bits per heavy atom. The van der Waals surface area contributed by atoms with E-state index in [2.05, 4.69) is 25.8 Å². The van der Waals surface area contributed by atoms with Crippen LogP contribution in [0.15, 0.2) is 30.7 Å². The number of nitro groups is 1. The monoisotopic (exact) mass is 415 g/mol. The number of hydrogen-bond donors (Lipinski definition) is 2. The largest absolute Gasteiger partial charge is 0.466 e. The summed E-state index contributed by atoms with van der Waals surface area (Å²) in [6.45, 7) is 2.74. The van der Waals surface area contributed by atoms with E-state index in [1.165, 1.54) is 12.3 Å². The lowest BCUT2D eigenvalue weighted by Gasteiger charge is -2.32. The molecular formula is C18H21N7O5. The van der Waals surface area contributed by atoms with Crippen molar-refractivity contribution in [3.8, 4) is 0 Å². The number of anilines is 2. The van der Waals surface area contributed by atoms with Crippen molar-refractivity contribution in [1.82, 2.24) is 20.4 Å². The molecule has 0 saturated carbocycles. The lowest BCUT2D eigenvalue weighted by molar-refractivity contribution is -0.383. The molecule has 0 radical (unpaired) electrons. The minimum atomic E-state index is -0.626. The number of esters is 1. The van der Waals surface area contributed by atoms with Gasteiger partial charge in [0.25, 0.3) is 5.91 Å². The van der Waals surface area contributed by atoms with E-state index in [1.54, 1.807) is 24.0 Å². The highest BCUT2D eigenvalue weighted by atomic mass is 16.6. The molecule has 2 N–H and O–H groups in total. The number of rotatable bonds is 7. The molecule has 12 nitrogen and oxygen atoms in total. The molecule has 3 rings (SSSR count). The SMILES string of the molecule is CCOC(=O)C1CCCN(c2ncnc(NNC(=O)c3ccccn3)c2[N+](=O)[O-])C1. The van der Waals surface area contributed by atoms with Crippen LogP contribution < -0.4 is 15.8 Å². The third-order valence-electron chi connectivity index (χ3n) is 4.52. The van der Waals surface area contributed by atoms with Crippen molar-refractivity contribution in [2.75, 3.05) is 30.0 Å². The molecule has 0 aromatic carbocycles. The van der Waals surface area contributed by atoms with E-state index in [4.69, 9.17) is 4.74 Å². The molecule has 1 fully saturated rings. The highest BCUT2D eigenvalue weighted by molar-refractivity contribution is 5.93. The minimum absolute atomic E-state index is 0.0681. The van der Waals surface area contributed by atoms with Gasteiger partial charge in [0, 0.05) is 19.3 Å². The first-order chi connectivity index (χ1) is 14.5. The van der Waals surface area contributed by atoms with Gasteiger partial charge < -0.3 is 9.64 Å². The summed E-state index contributed by atoms with van der Waals surface area (Å²) in [5, 5.41) is 11.8. The molecule has 2 aromatic heterocycles. The van der Waals surface area contributed by atoms with E-state index < -0.39 is 22.4 Å².